The molecule has 21 heavy (non-hydrogen) atoms. The normalized spacial score (nSPS) is 11.2. The van der Waals surface area contributed by atoms with Gasteiger partial charge in [0, 0.05) is 18.3 Å². The van der Waals surface area contributed by atoms with E-state index in [0.29, 0.717) is 5.69 Å². The molecule has 0 spiro atoms. The highest BCUT2D eigenvalue weighted by Gasteiger charge is 2.21. The Balaban J connectivity index is 2.27. The van der Waals surface area contributed by atoms with Crippen molar-refractivity contribution >= 4 is 21.4 Å². The monoisotopic (exact) mass is 309 g/mol. The molecule has 10 heteroatoms. The van der Waals surface area contributed by atoms with Crippen LogP contribution in [0.2, 0.25) is 0 Å². The molecule has 0 bridgehead atoms. The molecule has 0 aliphatic heterocycles. The first-order valence-electron chi connectivity index (χ1n) is 5.68. The quantitative estimate of drug-likeness (QED) is 0.464. The van der Waals surface area contributed by atoms with Gasteiger partial charge >= 0.3 is 0 Å². The Labute approximate surface area is 120 Å². The van der Waals surface area contributed by atoms with Crippen molar-refractivity contribution in [1.82, 2.24) is 14.7 Å². The Bertz CT molecular complexity index is 763. The van der Waals surface area contributed by atoms with E-state index in [4.69, 9.17) is 5.73 Å². The first-order valence-corrected chi connectivity index (χ1v) is 7.17. The lowest BCUT2D eigenvalue weighted by atomic mass is 10.3. The fourth-order valence-electron chi connectivity index (χ4n) is 1.54. The Morgan fingerprint density at radius 3 is 2.71 bits per heavy atom. The van der Waals surface area contributed by atoms with Gasteiger partial charge in [0.1, 0.15) is 11.2 Å². The van der Waals surface area contributed by atoms with E-state index in [1.165, 1.54) is 18.6 Å². The lowest BCUT2D eigenvalue weighted by Crippen LogP contribution is -2.24. The van der Waals surface area contributed by atoms with Gasteiger partial charge in [-0.05, 0) is 12.1 Å². The highest BCUT2D eigenvalue weighted by Crippen LogP contribution is 2.23. The van der Waals surface area contributed by atoms with E-state index in [2.05, 4.69) is 14.7 Å². The van der Waals surface area contributed by atoms with Crippen LogP contribution in [0.25, 0.3) is 0 Å². The first kappa shape index (κ1) is 14.8. The van der Waals surface area contributed by atoms with Gasteiger partial charge in [-0.15, -0.1) is 0 Å². The van der Waals surface area contributed by atoms with Crippen molar-refractivity contribution in [3.05, 3.63) is 52.6 Å². The summed E-state index contributed by atoms with van der Waals surface area (Å²) in [6.07, 6.45) is 2.75. The van der Waals surface area contributed by atoms with Crippen molar-refractivity contribution < 1.29 is 13.3 Å². The van der Waals surface area contributed by atoms with Crippen molar-refractivity contribution in [2.75, 3.05) is 5.73 Å². The largest absolute Gasteiger partial charge is 0.398 e. The second kappa shape index (κ2) is 5.81. The zero-order valence-corrected chi connectivity index (χ0v) is 11.4. The molecular formula is C11H11N5O4S. The zero-order valence-electron chi connectivity index (χ0n) is 10.6. The van der Waals surface area contributed by atoms with Crippen molar-refractivity contribution in [2.24, 2.45) is 0 Å². The summed E-state index contributed by atoms with van der Waals surface area (Å²) in [6.45, 7) is -0.0764. The minimum Gasteiger partial charge on any atom is -0.398 e. The number of nitro groups is 1. The number of sulfonamides is 1. The standard InChI is InChI=1S/C11H11N5O4S/c12-10-2-1-9(16(17)18)5-11(10)21(19,20)15-6-8-3-4-13-7-14-8/h1-5,7,15H,6,12H2. The molecule has 0 saturated heterocycles. The summed E-state index contributed by atoms with van der Waals surface area (Å²) in [6, 6.07) is 4.77. The minimum absolute atomic E-state index is 0.0733. The van der Waals surface area contributed by atoms with Gasteiger partial charge in [-0.25, -0.2) is 23.1 Å². The second-order valence-electron chi connectivity index (χ2n) is 4.00. The molecule has 0 radical (unpaired) electrons. The van der Waals surface area contributed by atoms with Crippen molar-refractivity contribution in [1.29, 1.82) is 0 Å². The Morgan fingerprint density at radius 2 is 2.10 bits per heavy atom. The summed E-state index contributed by atoms with van der Waals surface area (Å²) in [7, 11) is -3.99. The molecule has 1 aromatic heterocycles. The van der Waals surface area contributed by atoms with E-state index in [9.17, 15) is 18.5 Å². The van der Waals surface area contributed by atoms with Crippen molar-refractivity contribution in [3.8, 4) is 0 Å². The molecule has 0 fully saturated rings. The molecule has 9 nitrogen and oxygen atoms in total. The number of hydrogen-bond donors (Lipinski definition) is 2. The molecule has 2 rings (SSSR count). The number of nitro benzene ring substituents is 1. The van der Waals surface area contributed by atoms with Gasteiger partial charge in [-0.3, -0.25) is 10.1 Å². The van der Waals surface area contributed by atoms with Gasteiger partial charge in [0.05, 0.1) is 22.8 Å². The summed E-state index contributed by atoms with van der Waals surface area (Å²) in [5.74, 6) is 0. The molecule has 3 N–H and O–H groups in total. The van der Waals surface area contributed by atoms with Crippen LogP contribution in [0.5, 0.6) is 0 Å². The van der Waals surface area contributed by atoms with E-state index in [-0.39, 0.29) is 22.8 Å². The van der Waals surface area contributed by atoms with Crippen LogP contribution in [0.1, 0.15) is 5.69 Å². The molecule has 0 atom stereocenters. The van der Waals surface area contributed by atoms with Crippen LogP contribution in [0.3, 0.4) is 0 Å². The van der Waals surface area contributed by atoms with Crippen LogP contribution in [0.15, 0.2) is 41.7 Å². The lowest BCUT2D eigenvalue weighted by Gasteiger charge is -2.08. The van der Waals surface area contributed by atoms with Crippen molar-refractivity contribution in [3.63, 3.8) is 0 Å². The maximum Gasteiger partial charge on any atom is 0.270 e. The van der Waals surface area contributed by atoms with E-state index < -0.39 is 14.9 Å². The van der Waals surface area contributed by atoms with Crippen LogP contribution in [0, 0.1) is 10.1 Å². The van der Waals surface area contributed by atoms with Crippen molar-refractivity contribution in [2.45, 2.75) is 11.4 Å². The molecule has 0 aliphatic carbocycles. The maximum absolute atomic E-state index is 12.1. The predicted octanol–water partition coefficient (Wildman–Crippen LogP) is 0.445. The summed E-state index contributed by atoms with van der Waals surface area (Å²) in [5, 5.41) is 10.7. The molecule has 0 amide bonds. The lowest BCUT2D eigenvalue weighted by molar-refractivity contribution is -0.385. The average molecular weight is 309 g/mol. The highest BCUT2D eigenvalue weighted by atomic mass is 32.2. The predicted molar refractivity (Wildman–Crippen MR) is 73.6 cm³/mol. The molecular weight excluding hydrogens is 298 g/mol. The highest BCUT2D eigenvalue weighted by molar-refractivity contribution is 7.89. The van der Waals surface area contributed by atoms with Crippen LogP contribution in [0.4, 0.5) is 11.4 Å². The fraction of sp³-hybridized carbons (Fsp3) is 0.0909. The molecule has 110 valence electrons. The third kappa shape index (κ3) is 3.49. The number of nitrogens with one attached hydrogen (secondary N) is 1. The van der Waals surface area contributed by atoms with E-state index >= 15 is 0 Å². The van der Waals surface area contributed by atoms with E-state index in [0.717, 1.165) is 12.1 Å². The Morgan fingerprint density at radius 1 is 1.33 bits per heavy atom. The molecule has 1 aromatic carbocycles. The number of hydrogen-bond acceptors (Lipinski definition) is 7. The number of non-ortho nitro benzene ring substituents is 1. The number of rotatable bonds is 5. The molecule has 0 unspecified atom stereocenters. The first-order chi connectivity index (χ1) is 9.90. The van der Waals surface area contributed by atoms with Gasteiger partial charge in [-0.1, -0.05) is 0 Å². The minimum atomic E-state index is -3.99. The number of nitrogens with two attached hydrogens (primary N) is 1. The Hall–Kier alpha value is -2.59. The number of anilines is 1. The number of aromatic nitrogens is 2. The average Bonchev–Trinajstić information content (AvgIpc) is 2.46. The number of nitrogen functional groups attached to an aromatic ring is 1. The molecule has 0 aliphatic rings. The molecule has 2 aromatic rings. The zero-order chi connectivity index (χ0) is 15.5. The van der Waals surface area contributed by atoms with Gasteiger partial charge in [0.2, 0.25) is 10.0 Å². The van der Waals surface area contributed by atoms with Gasteiger partial charge < -0.3 is 5.73 Å². The van der Waals surface area contributed by atoms with E-state index in [1.54, 1.807) is 6.07 Å². The third-order valence-corrected chi connectivity index (χ3v) is 4.04. The van der Waals surface area contributed by atoms with E-state index in [1.807, 2.05) is 0 Å². The molecule has 0 saturated carbocycles. The third-order valence-electron chi connectivity index (χ3n) is 2.58. The number of nitrogens with zero attached hydrogens (tertiary/aromatic N) is 3. The number of benzene rings is 1. The van der Waals surface area contributed by atoms with Crippen LogP contribution in [-0.2, 0) is 16.6 Å². The molecule has 1 heterocycles. The smallest absolute Gasteiger partial charge is 0.270 e. The fourth-order valence-corrected chi connectivity index (χ4v) is 2.69. The SMILES string of the molecule is Nc1ccc([N+](=O)[O-])cc1S(=O)(=O)NCc1ccncn1. The Kier molecular flexibility index (Phi) is 4.10. The summed E-state index contributed by atoms with van der Waals surface area (Å²) in [5.41, 5.74) is 5.61. The van der Waals surface area contributed by atoms with Crippen LogP contribution in [-0.4, -0.2) is 23.3 Å². The van der Waals surface area contributed by atoms with Crippen LogP contribution >= 0.6 is 0 Å². The topological polar surface area (TPSA) is 141 Å². The maximum atomic E-state index is 12.1. The van der Waals surface area contributed by atoms with Gasteiger partial charge in [0.15, 0.2) is 0 Å². The second-order valence-corrected chi connectivity index (χ2v) is 5.74. The summed E-state index contributed by atoms with van der Waals surface area (Å²) >= 11 is 0. The summed E-state index contributed by atoms with van der Waals surface area (Å²) in [4.78, 5) is 17.2. The van der Waals surface area contributed by atoms with Gasteiger partial charge in [0.25, 0.3) is 5.69 Å². The van der Waals surface area contributed by atoms with Gasteiger partial charge in [-0.2, -0.15) is 0 Å². The van der Waals surface area contributed by atoms with Crippen LogP contribution < -0.4 is 10.5 Å². The summed E-state index contributed by atoms with van der Waals surface area (Å²) < 4.78 is 26.6.